The van der Waals surface area contributed by atoms with Gasteiger partial charge in [-0.1, -0.05) is 29.8 Å². The number of aromatic nitrogens is 1. The quantitative estimate of drug-likeness (QED) is 0.336. The number of nitrogens with zero attached hydrogens (tertiary/aromatic N) is 1. The van der Waals surface area contributed by atoms with Crippen molar-refractivity contribution in [2.75, 3.05) is 0 Å². The van der Waals surface area contributed by atoms with Gasteiger partial charge in [-0.05, 0) is 48.2 Å². The second kappa shape index (κ2) is 7.07. The van der Waals surface area contributed by atoms with E-state index >= 15 is 0 Å². The van der Waals surface area contributed by atoms with E-state index in [0.717, 1.165) is 17.1 Å². The standard InChI is InChI=1S/C19H10ClNO3S2/c20-13-7-5-11(6-8-13)18(23)26-19-21-15(10-25-19)14-9-12-3-1-2-4-16(12)24-17(14)22/h1-10H. The third kappa shape index (κ3) is 3.44. The molecule has 0 bridgehead atoms. The fraction of sp³-hybridized carbons (Fsp3) is 0. The Morgan fingerprint density at radius 1 is 1.12 bits per heavy atom. The summed E-state index contributed by atoms with van der Waals surface area (Å²) in [5.41, 5.74) is 1.51. The maximum absolute atomic E-state index is 12.3. The molecule has 128 valence electrons. The highest BCUT2D eigenvalue weighted by atomic mass is 35.5. The second-order valence-electron chi connectivity index (χ2n) is 5.38. The van der Waals surface area contributed by atoms with Crippen molar-refractivity contribution < 1.29 is 9.21 Å². The summed E-state index contributed by atoms with van der Waals surface area (Å²) >= 11 is 8.17. The lowest BCUT2D eigenvalue weighted by Gasteiger charge is -1.99. The number of rotatable bonds is 3. The lowest BCUT2D eigenvalue weighted by Crippen LogP contribution is -2.02. The van der Waals surface area contributed by atoms with E-state index in [4.69, 9.17) is 16.0 Å². The van der Waals surface area contributed by atoms with Gasteiger partial charge in [0, 0.05) is 21.4 Å². The molecule has 0 aliphatic carbocycles. The summed E-state index contributed by atoms with van der Waals surface area (Å²) in [6.07, 6.45) is 0. The molecule has 0 saturated heterocycles. The Labute approximate surface area is 161 Å². The van der Waals surface area contributed by atoms with Gasteiger partial charge in [0.1, 0.15) is 5.58 Å². The van der Waals surface area contributed by atoms with Crippen molar-refractivity contribution in [1.82, 2.24) is 4.98 Å². The first-order valence-corrected chi connectivity index (χ1v) is 9.64. The zero-order valence-electron chi connectivity index (χ0n) is 13.1. The van der Waals surface area contributed by atoms with Crippen molar-refractivity contribution >= 4 is 50.8 Å². The van der Waals surface area contributed by atoms with E-state index in [9.17, 15) is 9.59 Å². The minimum atomic E-state index is -0.449. The van der Waals surface area contributed by atoms with Crippen molar-refractivity contribution in [3.8, 4) is 11.3 Å². The summed E-state index contributed by atoms with van der Waals surface area (Å²) in [7, 11) is 0. The van der Waals surface area contributed by atoms with E-state index in [1.54, 1.807) is 41.8 Å². The van der Waals surface area contributed by atoms with Crippen LogP contribution >= 0.6 is 34.7 Å². The summed E-state index contributed by atoms with van der Waals surface area (Å²) in [6.45, 7) is 0. The predicted octanol–water partition coefficient (Wildman–Crippen LogP) is 5.50. The summed E-state index contributed by atoms with van der Waals surface area (Å²) in [4.78, 5) is 29.0. The number of carbonyl (C=O) groups is 1. The molecule has 4 nitrogen and oxygen atoms in total. The Kier molecular flexibility index (Phi) is 4.63. The van der Waals surface area contributed by atoms with Crippen LogP contribution in [0.1, 0.15) is 10.4 Å². The van der Waals surface area contributed by atoms with Gasteiger partial charge in [0.05, 0.1) is 11.3 Å². The van der Waals surface area contributed by atoms with E-state index in [1.165, 1.54) is 11.3 Å². The molecule has 4 rings (SSSR count). The smallest absolute Gasteiger partial charge is 0.345 e. The van der Waals surface area contributed by atoms with Crippen LogP contribution in [0.2, 0.25) is 5.02 Å². The summed E-state index contributed by atoms with van der Waals surface area (Å²) in [6, 6.07) is 15.7. The molecule has 7 heteroatoms. The van der Waals surface area contributed by atoms with Gasteiger partial charge >= 0.3 is 5.63 Å². The van der Waals surface area contributed by atoms with Gasteiger partial charge in [-0.3, -0.25) is 4.79 Å². The van der Waals surface area contributed by atoms with Gasteiger partial charge in [0.25, 0.3) is 0 Å². The number of thiazole rings is 1. The van der Waals surface area contributed by atoms with Crippen LogP contribution in [0.15, 0.2) is 73.5 Å². The highest BCUT2D eigenvalue weighted by Crippen LogP contribution is 2.30. The molecule has 0 radical (unpaired) electrons. The summed E-state index contributed by atoms with van der Waals surface area (Å²) in [5.74, 6) is 0. The molecular weight excluding hydrogens is 390 g/mol. The Hall–Kier alpha value is -2.41. The van der Waals surface area contributed by atoms with E-state index in [-0.39, 0.29) is 5.12 Å². The molecule has 26 heavy (non-hydrogen) atoms. The van der Waals surface area contributed by atoms with E-state index in [0.29, 0.717) is 31.8 Å². The fourth-order valence-electron chi connectivity index (χ4n) is 2.39. The Bertz CT molecular complexity index is 1170. The molecule has 0 unspecified atom stereocenters. The molecule has 0 fully saturated rings. The Morgan fingerprint density at radius 3 is 2.69 bits per heavy atom. The zero-order valence-corrected chi connectivity index (χ0v) is 15.5. The van der Waals surface area contributed by atoms with Gasteiger partial charge in [-0.2, -0.15) is 0 Å². The maximum Gasteiger partial charge on any atom is 0.345 e. The van der Waals surface area contributed by atoms with Crippen LogP contribution < -0.4 is 5.63 Å². The van der Waals surface area contributed by atoms with Gasteiger partial charge in [0.2, 0.25) is 5.12 Å². The van der Waals surface area contributed by atoms with Crippen molar-refractivity contribution in [3.05, 3.63) is 81.0 Å². The molecule has 2 aromatic heterocycles. The second-order valence-corrected chi connectivity index (χ2v) is 7.89. The topological polar surface area (TPSA) is 60.2 Å². The van der Waals surface area contributed by atoms with Crippen molar-refractivity contribution in [2.45, 2.75) is 4.34 Å². The molecule has 0 N–H and O–H groups in total. The third-order valence-corrected chi connectivity index (χ3v) is 5.77. The van der Waals surface area contributed by atoms with Crippen LogP contribution in [0, 0.1) is 0 Å². The van der Waals surface area contributed by atoms with Crippen LogP contribution in [0.4, 0.5) is 0 Å². The zero-order chi connectivity index (χ0) is 18.1. The van der Waals surface area contributed by atoms with Gasteiger partial charge in [-0.15, -0.1) is 11.3 Å². The highest BCUT2D eigenvalue weighted by molar-refractivity contribution is 8.15. The molecule has 0 spiro atoms. The number of hydrogen-bond acceptors (Lipinski definition) is 6. The number of hydrogen-bond donors (Lipinski definition) is 0. The number of thioether (sulfide) groups is 1. The minimum Gasteiger partial charge on any atom is -0.422 e. The normalized spacial score (nSPS) is 11.0. The summed E-state index contributed by atoms with van der Waals surface area (Å²) < 4.78 is 5.90. The molecule has 0 amide bonds. The van der Waals surface area contributed by atoms with Crippen LogP contribution in [0.25, 0.3) is 22.2 Å². The fourth-order valence-corrected chi connectivity index (χ4v) is 4.18. The largest absolute Gasteiger partial charge is 0.422 e. The first-order valence-electron chi connectivity index (χ1n) is 7.57. The Morgan fingerprint density at radius 2 is 1.88 bits per heavy atom. The third-order valence-electron chi connectivity index (χ3n) is 3.66. The van der Waals surface area contributed by atoms with Crippen LogP contribution in [0.5, 0.6) is 0 Å². The number of halogens is 1. The van der Waals surface area contributed by atoms with Crippen LogP contribution in [-0.4, -0.2) is 10.1 Å². The van der Waals surface area contributed by atoms with Gasteiger partial charge in [-0.25, -0.2) is 9.78 Å². The average Bonchev–Trinajstić information content (AvgIpc) is 3.10. The van der Waals surface area contributed by atoms with Crippen LogP contribution in [-0.2, 0) is 0 Å². The lowest BCUT2D eigenvalue weighted by molar-refractivity contribution is 0.108. The van der Waals surface area contributed by atoms with E-state index in [1.807, 2.05) is 18.2 Å². The van der Waals surface area contributed by atoms with Gasteiger partial charge in [0.15, 0.2) is 4.34 Å². The van der Waals surface area contributed by atoms with Crippen molar-refractivity contribution in [1.29, 1.82) is 0 Å². The molecule has 2 heterocycles. The summed E-state index contributed by atoms with van der Waals surface area (Å²) in [5, 5.41) is 3.01. The number of fused-ring (bicyclic) bond motifs is 1. The van der Waals surface area contributed by atoms with Crippen molar-refractivity contribution in [3.63, 3.8) is 0 Å². The van der Waals surface area contributed by atoms with E-state index < -0.39 is 5.63 Å². The average molecular weight is 400 g/mol. The minimum absolute atomic E-state index is 0.131. The number of benzene rings is 2. The molecule has 0 atom stereocenters. The number of carbonyl (C=O) groups excluding carboxylic acids is 1. The molecule has 4 aromatic rings. The van der Waals surface area contributed by atoms with Gasteiger partial charge < -0.3 is 4.42 Å². The SMILES string of the molecule is O=C(Sc1nc(-c2cc3ccccc3oc2=O)cs1)c1ccc(Cl)cc1. The molecule has 0 aliphatic heterocycles. The monoisotopic (exact) mass is 399 g/mol. The number of para-hydroxylation sites is 1. The first kappa shape index (κ1) is 17.0. The first-order chi connectivity index (χ1) is 12.6. The van der Waals surface area contributed by atoms with Crippen LogP contribution in [0.3, 0.4) is 0 Å². The van der Waals surface area contributed by atoms with Crippen molar-refractivity contribution in [2.24, 2.45) is 0 Å². The predicted molar refractivity (Wildman–Crippen MR) is 105 cm³/mol. The lowest BCUT2D eigenvalue weighted by atomic mass is 10.1. The molecule has 0 saturated carbocycles. The molecule has 2 aromatic carbocycles. The van der Waals surface area contributed by atoms with E-state index in [2.05, 4.69) is 4.98 Å². The Balaban J connectivity index is 1.62. The molecule has 0 aliphatic rings. The molecular formula is C19H10ClNO3S2. The highest BCUT2D eigenvalue weighted by Gasteiger charge is 2.15. The maximum atomic E-state index is 12.3.